The second kappa shape index (κ2) is 2.22. The van der Waals surface area contributed by atoms with Gasteiger partial charge in [0.05, 0.1) is 0 Å². The summed E-state index contributed by atoms with van der Waals surface area (Å²) in [5.74, 6) is -0.919. The molecule has 1 rings (SSSR count). The summed E-state index contributed by atoms with van der Waals surface area (Å²) in [6.07, 6.45) is 0.557. The topological polar surface area (TPSA) is 69.4 Å². The lowest BCUT2D eigenvalue weighted by Crippen LogP contribution is -2.36. The number of ether oxygens (including phenoxy) is 1. The third-order valence-electron chi connectivity index (χ3n) is 1.99. The number of nitrogens with two attached hydrogens (primary N) is 1. The van der Waals surface area contributed by atoms with Crippen molar-refractivity contribution in [1.82, 2.24) is 0 Å². The number of carbonyl (C=O) groups excluding carboxylic acids is 2. The average Bonchev–Trinajstić information content (AvgIpc) is 2.41. The predicted octanol–water partition coefficient (Wildman–Crippen LogP) is -0.187. The van der Waals surface area contributed by atoms with Gasteiger partial charge in [0.25, 0.3) is 5.91 Å². The van der Waals surface area contributed by atoms with E-state index >= 15 is 0 Å². The fourth-order valence-electron chi connectivity index (χ4n) is 1.19. The molecule has 0 unspecified atom stereocenters. The summed E-state index contributed by atoms with van der Waals surface area (Å²) in [5, 5.41) is 0. The minimum absolute atomic E-state index is 0.0731. The van der Waals surface area contributed by atoms with Crippen LogP contribution in [0.25, 0.3) is 0 Å². The molecule has 1 aliphatic carbocycles. The lowest BCUT2D eigenvalue weighted by atomic mass is 10.2. The molecular weight excluding hydrogens is 146 g/mol. The third kappa shape index (κ3) is 1.20. The summed E-state index contributed by atoms with van der Waals surface area (Å²) in [6, 6.07) is 0. The Hall–Kier alpha value is -1.06. The van der Waals surface area contributed by atoms with Crippen LogP contribution in [-0.4, -0.2) is 17.5 Å². The SMILES string of the molecule is CC(=O)O[C@]1(C(N)=O)C[C@@H]1C. The minimum Gasteiger partial charge on any atom is -0.449 e. The van der Waals surface area contributed by atoms with Gasteiger partial charge in [-0.15, -0.1) is 0 Å². The van der Waals surface area contributed by atoms with E-state index < -0.39 is 17.5 Å². The summed E-state index contributed by atoms with van der Waals surface area (Å²) in [6.45, 7) is 3.10. The maximum absolute atomic E-state index is 10.8. The number of primary amides is 1. The summed E-state index contributed by atoms with van der Waals surface area (Å²) >= 11 is 0. The predicted molar refractivity (Wildman–Crippen MR) is 37.5 cm³/mol. The summed E-state index contributed by atoms with van der Waals surface area (Å²) in [5.41, 5.74) is 4.07. The zero-order chi connectivity index (χ0) is 8.65. The Kier molecular flexibility index (Phi) is 1.62. The Morgan fingerprint density at radius 1 is 1.64 bits per heavy atom. The van der Waals surface area contributed by atoms with Gasteiger partial charge in [0, 0.05) is 19.3 Å². The Morgan fingerprint density at radius 3 is 2.18 bits per heavy atom. The molecule has 1 amide bonds. The highest BCUT2D eigenvalue weighted by Crippen LogP contribution is 2.46. The molecule has 62 valence electrons. The number of hydrogen-bond donors (Lipinski definition) is 1. The maximum atomic E-state index is 10.8. The number of hydrogen-bond acceptors (Lipinski definition) is 3. The number of rotatable bonds is 2. The van der Waals surface area contributed by atoms with Crippen molar-refractivity contribution in [1.29, 1.82) is 0 Å². The van der Waals surface area contributed by atoms with Gasteiger partial charge in [-0.05, 0) is 0 Å². The standard InChI is InChI=1S/C7H11NO3/c1-4-3-7(4,6(8)10)11-5(2)9/h4H,3H2,1-2H3,(H2,8,10)/t4-,7+/m0/s1. The molecule has 11 heavy (non-hydrogen) atoms. The lowest BCUT2D eigenvalue weighted by Gasteiger charge is -2.11. The van der Waals surface area contributed by atoms with E-state index in [0.29, 0.717) is 6.42 Å². The minimum atomic E-state index is -0.980. The van der Waals surface area contributed by atoms with Crippen LogP contribution >= 0.6 is 0 Å². The molecule has 0 radical (unpaired) electrons. The van der Waals surface area contributed by atoms with Crippen LogP contribution in [0.15, 0.2) is 0 Å². The summed E-state index contributed by atoms with van der Waals surface area (Å²) < 4.78 is 4.81. The fourth-order valence-corrected chi connectivity index (χ4v) is 1.19. The second-order valence-electron chi connectivity index (χ2n) is 2.95. The Labute approximate surface area is 64.7 Å². The van der Waals surface area contributed by atoms with E-state index in [-0.39, 0.29) is 5.92 Å². The molecule has 0 saturated heterocycles. The van der Waals surface area contributed by atoms with Gasteiger partial charge >= 0.3 is 5.97 Å². The molecule has 0 heterocycles. The van der Waals surface area contributed by atoms with Crippen LogP contribution in [-0.2, 0) is 14.3 Å². The summed E-state index contributed by atoms with van der Waals surface area (Å²) in [4.78, 5) is 21.3. The van der Waals surface area contributed by atoms with E-state index in [1.54, 1.807) is 0 Å². The molecule has 0 bridgehead atoms. The molecule has 1 saturated carbocycles. The average molecular weight is 157 g/mol. The second-order valence-corrected chi connectivity index (χ2v) is 2.95. The number of amides is 1. The molecule has 2 N–H and O–H groups in total. The highest BCUT2D eigenvalue weighted by atomic mass is 16.6. The van der Waals surface area contributed by atoms with Crippen molar-refractivity contribution < 1.29 is 14.3 Å². The Bertz CT molecular complexity index is 214. The van der Waals surface area contributed by atoms with Crippen LogP contribution in [0.5, 0.6) is 0 Å². The zero-order valence-electron chi connectivity index (χ0n) is 6.59. The van der Waals surface area contributed by atoms with E-state index in [1.807, 2.05) is 6.92 Å². The lowest BCUT2D eigenvalue weighted by molar-refractivity contribution is -0.156. The van der Waals surface area contributed by atoms with Crippen molar-refractivity contribution >= 4 is 11.9 Å². The van der Waals surface area contributed by atoms with Crippen LogP contribution in [0.3, 0.4) is 0 Å². The van der Waals surface area contributed by atoms with Gasteiger partial charge in [-0.1, -0.05) is 6.92 Å². The highest BCUT2D eigenvalue weighted by Gasteiger charge is 2.60. The van der Waals surface area contributed by atoms with Crippen LogP contribution in [0, 0.1) is 5.92 Å². The zero-order valence-corrected chi connectivity index (χ0v) is 6.59. The van der Waals surface area contributed by atoms with Gasteiger partial charge in [-0.25, -0.2) is 0 Å². The number of esters is 1. The van der Waals surface area contributed by atoms with E-state index in [0.717, 1.165) is 0 Å². The monoisotopic (exact) mass is 157 g/mol. The smallest absolute Gasteiger partial charge is 0.303 e. The van der Waals surface area contributed by atoms with Crippen molar-refractivity contribution in [3.05, 3.63) is 0 Å². The van der Waals surface area contributed by atoms with E-state index in [4.69, 9.17) is 10.5 Å². The highest BCUT2D eigenvalue weighted by molar-refractivity contribution is 5.89. The van der Waals surface area contributed by atoms with Gasteiger partial charge in [-0.3, -0.25) is 9.59 Å². The molecule has 1 aliphatic rings. The molecule has 1 fully saturated rings. The molecule has 0 aromatic heterocycles. The Morgan fingerprint density at radius 2 is 2.09 bits per heavy atom. The van der Waals surface area contributed by atoms with Crippen molar-refractivity contribution in [3.8, 4) is 0 Å². The van der Waals surface area contributed by atoms with Gasteiger partial charge < -0.3 is 10.5 Å². The fraction of sp³-hybridized carbons (Fsp3) is 0.714. The Balaban J connectivity index is 2.65. The molecule has 0 aromatic rings. The molecule has 0 aromatic carbocycles. The van der Waals surface area contributed by atoms with Crippen molar-refractivity contribution in [2.24, 2.45) is 11.7 Å². The van der Waals surface area contributed by atoms with Crippen molar-refractivity contribution in [3.63, 3.8) is 0 Å². The van der Waals surface area contributed by atoms with Crippen LogP contribution in [0.1, 0.15) is 20.3 Å². The van der Waals surface area contributed by atoms with Crippen molar-refractivity contribution in [2.75, 3.05) is 0 Å². The van der Waals surface area contributed by atoms with Crippen LogP contribution in [0.2, 0.25) is 0 Å². The maximum Gasteiger partial charge on any atom is 0.303 e. The first-order valence-electron chi connectivity index (χ1n) is 3.48. The molecule has 4 nitrogen and oxygen atoms in total. The molecular formula is C7H11NO3. The third-order valence-corrected chi connectivity index (χ3v) is 1.99. The summed E-state index contributed by atoms with van der Waals surface area (Å²) in [7, 11) is 0. The van der Waals surface area contributed by atoms with E-state index in [9.17, 15) is 9.59 Å². The van der Waals surface area contributed by atoms with Gasteiger partial charge in [0.15, 0.2) is 5.60 Å². The van der Waals surface area contributed by atoms with Crippen molar-refractivity contribution in [2.45, 2.75) is 25.9 Å². The van der Waals surface area contributed by atoms with Gasteiger partial charge in [-0.2, -0.15) is 0 Å². The van der Waals surface area contributed by atoms with Crippen LogP contribution < -0.4 is 5.73 Å². The van der Waals surface area contributed by atoms with E-state index in [2.05, 4.69) is 0 Å². The van der Waals surface area contributed by atoms with Gasteiger partial charge in [0.1, 0.15) is 0 Å². The molecule has 0 spiro atoms. The largest absolute Gasteiger partial charge is 0.449 e. The normalized spacial score (nSPS) is 34.5. The first-order chi connectivity index (χ1) is 4.99. The molecule has 0 aliphatic heterocycles. The van der Waals surface area contributed by atoms with Crippen LogP contribution in [0.4, 0.5) is 0 Å². The van der Waals surface area contributed by atoms with Gasteiger partial charge in [0.2, 0.25) is 0 Å². The number of carbonyl (C=O) groups is 2. The first-order valence-corrected chi connectivity index (χ1v) is 3.48. The first kappa shape index (κ1) is 8.04. The molecule has 2 atom stereocenters. The molecule has 4 heteroatoms. The van der Waals surface area contributed by atoms with E-state index in [1.165, 1.54) is 6.92 Å². The quantitative estimate of drug-likeness (QED) is 0.565.